The van der Waals surface area contributed by atoms with E-state index in [1.807, 2.05) is 41.5 Å². The van der Waals surface area contributed by atoms with Crippen LogP contribution in [0.2, 0.25) is 0 Å². The van der Waals surface area contributed by atoms with Crippen LogP contribution in [0.15, 0.2) is 0 Å². The molecule has 5 nitrogen and oxygen atoms in total. The van der Waals surface area contributed by atoms with E-state index in [4.69, 9.17) is 9.47 Å². The molecule has 0 radical (unpaired) electrons. The Morgan fingerprint density at radius 3 is 2.00 bits per heavy atom. The van der Waals surface area contributed by atoms with Crippen LogP contribution in [0.5, 0.6) is 0 Å². The van der Waals surface area contributed by atoms with Crippen molar-refractivity contribution in [3.05, 3.63) is 0 Å². The summed E-state index contributed by atoms with van der Waals surface area (Å²) in [7, 11) is 0. The van der Waals surface area contributed by atoms with Gasteiger partial charge in [-0.1, -0.05) is 20.8 Å². The molecule has 0 aromatic rings. The zero-order chi connectivity index (χ0) is 15.3. The zero-order valence-corrected chi connectivity index (χ0v) is 13.1. The molecule has 0 aliphatic rings. The molecule has 1 atom stereocenters. The Morgan fingerprint density at radius 2 is 1.63 bits per heavy atom. The van der Waals surface area contributed by atoms with Gasteiger partial charge in [0, 0.05) is 0 Å². The first kappa shape index (κ1) is 17.9. The van der Waals surface area contributed by atoms with E-state index in [0.29, 0.717) is 6.61 Å². The highest BCUT2D eigenvalue weighted by molar-refractivity contribution is 5.78. The predicted octanol–water partition coefficient (Wildman–Crippen LogP) is 1.90. The van der Waals surface area contributed by atoms with Crippen molar-refractivity contribution in [3.8, 4) is 0 Å². The van der Waals surface area contributed by atoms with E-state index < -0.39 is 11.6 Å². The van der Waals surface area contributed by atoms with Crippen LogP contribution in [-0.2, 0) is 19.1 Å². The number of hydrogen-bond donors (Lipinski definition) is 1. The quantitative estimate of drug-likeness (QED) is 0.775. The van der Waals surface area contributed by atoms with Crippen molar-refractivity contribution in [2.75, 3.05) is 13.2 Å². The van der Waals surface area contributed by atoms with Crippen LogP contribution in [0.3, 0.4) is 0 Å². The first-order valence-electron chi connectivity index (χ1n) is 6.59. The molecule has 0 saturated carbocycles. The topological polar surface area (TPSA) is 64.6 Å². The highest BCUT2D eigenvalue weighted by atomic mass is 16.6. The molecule has 0 aromatic carbocycles. The minimum absolute atomic E-state index is 0.00494. The molecule has 0 aromatic heterocycles. The smallest absolute Gasteiger partial charge is 0.324 e. The monoisotopic (exact) mass is 273 g/mol. The van der Waals surface area contributed by atoms with Gasteiger partial charge in [-0.3, -0.25) is 14.9 Å². The van der Waals surface area contributed by atoms with Gasteiger partial charge in [0.05, 0.1) is 13.2 Å². The summed E-state index contributed by atoms with van der Waals surface area (Å²) >= 11 is 0. The molecular weight excluding hydrogens is 246 g/mol. The van der Waals surface area contributed by atoms with E-state index in [0.717, 1.165) is 0 Å². The van der Waals surface area contributed by atoms with Crippen molar-refractivity contribution in [3.63, 3.8) is 0 Å². The fourth-order valence-electron chi connectivity index (χ4n) is 1.50. The second kappa shape index (κ2) is 6.89. The summed E-state index contributed by atoms with van der Waals surface area (Å²) < 4.78 is 10.2. The van der Waals surface area contributed by atoms with Gasteiger partial charge in [0.1, 0.15) is 11.6 Å². The summed E-state index contributed by atoms with van der Waals surface area (Å²) in [5, 5.41) is 2.92. The zero-order valence-electron chi connectivity index (χ0n) is 13.1. The van der Waals surface area contributed by atoms with E-state index in [2.05, 4.69) is 5.32 Å². The van der Waals surface area contributed by atoms with Crippen molar-refractivity contribution in [2.24, 2.45) is 5.41 Å². The summed E-state index contributed by atoms with van der Waals surface area (Å²) in [5.41, 5.74) is -0.902. The Kier molecular flexibility index (Phi) is 6.49. The molecule has 0 bridgehead atoms. The summed E-state index contributed by atoms with van der Waals surface area (Å²) in [6, 6.07) is -0.559. The lowest BCUT2D eigenvalue weighted by Gasteiger charge is -2.32. The maximum Gasteiger partial charge on any atom is 0.324 e. The van der Waals surface area contributed by atoms with Gasteiger partial charge in [-0.2, -0.15) is 0 Å². The Labute approximate surface area is 116 Å². The Bertz CT molecular complexity index is 312. The second-order valence-electron chi connectivity index (χ2n) is 6.52. The van der Waals surface area contributed by atoms with Crippen LogP contribution < -0.4 is 5.32 Å². The lowest BCUT2D eigenvalue weighted by atomic mass is 9.86. The van der Waals surface area contributed by atoms with Crippen LogP contribution in [0.4, 0.5) is 0 Å². The highest BCUT2D eigenvalue weighted by Gasteiger charge is 2.34. The van der Waals surface area contributed by atoms with E-state index >= 15 is 0 Å². The second-order valence-corrected chi connectivity index (χ2v) is 6.52. The van der Waals surface area contributed by atoms with Gasteiger partial charge in [-0.15, -0.1) is 0 Å². The summed E-state index contributed by atoms with van der Waals surface area (Å²) in [4.78, 5) is 23.5. The maximum atomic E-state index is 12.1. The number of carbonyl (C=O) groups is 2. The number of ether oxygens (including phenoxy) is 2. The molecule has 0 rings (SSSR count). The van der Waals surface area contributed by atoms with E-state index in [1.165, 1.54) is 0 Å². The number of hydrogen-bond acceptors (Lipinski definition) is 5. The fraction of sp³-hybridized carbons (Fsp3) is 0.857. The lowest BCUT2D eigenvalue weighted by molar-refractivity contribution is -0.160. The standard InChI is InChI=1S/C14H27NO4/c1-8-18-10(16)9-15-11(13(2,3)4)12(17)19-14(5,6)7/h11,15H,8-9H2,1-7H3/t11-/m1/s1. The molecule has 0 aliphatic carbocycles. The van der Waals surface area contributed by atoms with E-state index in [-0.39, 0.29) is 23.9 Å². The van der Waals surface area contributed by atoms with Crippen molar-refractivity contribution in [1.29, 1.82) is 0 Å². The van der Waals surface area contributed by atoms with Crippen LogP contribution in [-0.4, -0.2) is 36.7 Å². The fourth-order valence-corrected chi connectivity index (χ4v) is 1.50. The number of nitrogens with one attached hydrogen (secondary N) is 1. The molecule has 0 heterocycles. The highest BCUT2D eigenvalue weighted by Crippen LogP contribution is 2.22. The molecule has 5 heteroatoms. The molecule has 0 amide bonds. The van der Waals surface area contributed by atoms with E-state index in [9.17, 15) is 9.59 Å². The first-order chi connectivity index (χ1) is 8.47. The van der Waals surface area contributed by atoms with Crippen molar-refractivity contribution >= 4 is 11.9 Å². The maximum absolute atomic E-state index is 12.1. The molecule has 1 N–H and O–H groups in total. The molecule has 0 aliphatic heterocycles. The van der Waals surface area contributed by atoms with Gasteiger partial charge in [0.15, 0.2) is 0 Å². The Hall–Kier alpha value is -1.10. The third-order valence-corrected chi connectivity index (χ3v) is 2.26. The molecule has 0 saturated heterocycles. The molecule has 0 spiro atoms. The largest absolute Gasteiger partial charge is 0.465 e. The number of rotatable bonds is 5. The van der Waals surface area contributed by atoms with Crippen LogP contribution in [0.25, 0.3) is 0 Å². The number of esters is 2. The minimum Gasteiger partial charge on any atom is -0.465 e. The normalized spacial score (nSPS) is 13.8. The molecule has 19 heavy (non-hydrogen) atoms. The van der Waals surface area contributed by atoms with Gasteiger partial charge in [0.25, 0.3) is 0 Å². The SMILES string of the molecule is CCOC(=O)CN[C@H](C(=O)OC(C)(C)C)C(C)(C)C. The average molecular weight is 273 g/mol. The van der Waals surface area contributed by atoms with Crippen molar-refractivity contribution in [2.45, 2.75) is 60.1 Å². The Morgan fingerprint density at radius 1 is 1.11 bits per heavy atom. The lowest BCUT2D eigenvalue weighted by Crippen LogP contribution is -2.50. The molecule has 0 fully saturated rings. The van der Waals surface area contributed by atoms with E-state index in [1.54, 1.807) is 6.92 Å². The predicted molar refractivity (Wildman–Crippen MR) is 73.7 cm³/mol. The van der Waals surface area contributed by atoms with Crippen LogP contribution in [0.1, 0.15) is 48.5 Å². The van der Waals surface area contributed by atoms with Gasteiger partial charge in [-0.05, 0) is 33.1 Å². The molecule has 0 unspecified atom stereocenters. The summed E-state index contributed by atoms with van der Waals surface area (Å²) in [6.07, 6.45) is 0. The van der Waals surface area contributed by atoms with Crippen LogP contribution in [0, 0.1) is 5.41 Å². The Balaban J connectivity index is 4.66. The van der Waals surface area contributed by atoms with Crippen LogP contribution >= 0.6 is 0 Å². The van der Waals surface area contributed by atoms with Gasteiger partial charge >= 0.3 is 11.9 Å². The summed E-state index contributed by atoms with van der Waals surface area (Å²) in [5.74, 6) is -0.732. The van der Waals surface area contributed by atoms with Gasteiger partial charge in [0.2, 0.25) is 0 Å². The van der Waals surface area contributed by atoms with Gasteiger partial charge in [-0.25, -0.2) is 0 Å². The third kappa shape index (κ3) is 7.82. The number of carbonyl (C=O) groups excluding carboxylic acids is 2. The molecular formula is C14H27NO4. The first-order valence-corrected chi connectivity index (χ1v) is 6.59. The van der Waals surface area contributed by atoms with Gasteiger partial charge < -0.3 is 9.47 Å². The minimum atomic E-state index is -0.559. The van der Waals surface area contributed by atoms with Crippen molar-refractivity contribution < 1.29 is 19.1 Å². The third-order valence-electron chi connectivity index (χ3n) is 2.26. The van der Waals surface area contributed by atoms with Crippen molar-refractivity contribution in [1.82, 2.24) is 5.32 Å². The molecule has 112 valence electrons. The summed E-state index contributed by atoms with van der Waals surface area (Å²) in [6.45, 7) is 13.3. The average Bonchev–Trinajstić information content (AvgIpc) is 2.12.